The Labute approximate surface area is 202 Å². The summed E-state index contributed by atoms with van der Waals surface area (Å²) >= 11 is 5.76. The molecule has 0 amide bonds. The number of nitrogens with zero attached hydrogens (tertiary/aromatic N) is 2. The van der Waals surface area contributed by atoms with Gasteiger partial charge >= 0.3 is 5.97 Å². The Kier molecular flexibility index (Phi) is 5.63. The van der Waals surface area contributed by atoms with E-state index in [2.05, 4.69) is 46.4 Å². The number of furan rings is 1. The van der Waals surface area contributed by atoms with Crippen LogP contribution >= 0.6 is 12.2 Å². The van der Waals surface area contributed by atoms with Crippen molar-refractivity contribution >= 4 is 29.0 Å². The molecule has 34 heavy (non-hydrogen) atoms. The van der Waals surface area contributed by atoms with Crippen molar-refractivity contribution in [1.82, 2.24) is 10.3 Å². The molecular weight excluding hydrogens is 446 g/mol. The van der Waals surface area contributed by atoms with Gasteiger partial charge in [0.05, 0.1) is 17.3 Å². The second-order valence-electron chi connectivity index (χ2n) is 8.37. The molecule has 1 aliphatic heterocycles. The van der Waals surface area contributed by atoms with E-state index in [1.807, 2.05) is 37.3 Å². The number of pyridine rings is 1. The first-order valence-corrected chi connectivity index (χ1v) is 11.3. The topological polar surface area (TPSA) is 78.6 Å². The molecule has 4 aromatic rings. The highest BCUT2D eigenvalue weighted by Crippen LogP contribution is 2.43. The molecule has 0 radical (unpaired) electrons. The number of hydrogen-bond donors (Lipinski definition) is 2. The highest BCUT2D eigenvalue weighted by Gasteiger charge is 2.42. The second kappa shape index (κ2) is 8.76. The summed E-state index contributed by atoms with van der Waals surface area (Å²) in [5.41, 5.74) is 4.92. The molecule has 170 valence electrons. The van der Waals surface area contributed by atoms with Crippen molar-refractivity contribution in [2.75, 3.05) is 4.90 Å². The van der Waals surface area contributed by atoms with Crippen LogP contribution in [0.1, 0.15) is 45.0 Å². The maximum absolute atomic E-state index is 11.3. The molecule has 1 fully saturated rings. The average Bonchev–Trinajstić information content (AvgIpc) is 3.44. The van der Waals surface area contributed by atoms with Crippen LogP contribution in [0.25, 0.3) is 11.3 Å². The number of nitrogens with one attached hydrogen (secondary N) is 1. The fourth-order valence-electron chi connectivity index (χ4n) is 4.36. The lowest BCUT2D eigenvalue weighted by Crippen LogP contribution is -2.29. The van der Waals surface area contributed by atoms with Crippen LogP contribution < -0.4 is 10.2 Å². The van der Waals surface area contributed by atoms with Crippen molar-refractivity contribution < 1.29 is 14.3 Å². The van der Waals surface area contributed by atoms with E-state index in [1.165, 1.54) is 5.56 Å². The fraction of sp³-hybridized carbons (Fsp3) is 0.148. The van der Waals surface area contributed by atoms with Gasteiger partial charge in [0, 0.05) is 17.4 Å². The SMILES string of the molecule is Cc1ccc(N2C(=S)N[C@H](c3ccccn3)[C@@H]2c2ccc(-c3ccc(C(=O)O)cc3C)o2)cc1. The Morgan fingerprint density at radius 3 is 2.53 bits per heavy atom. The van der Waals surface area contributed by atoms with Gasteiger partial charge < -0.3 is 19.7 Å². The summed E-state index contributed by atoms with van der Waals surface area (Å²) in [6.07, 6.45) is 1.77. The van der Waals surface area contributed by atoms with Gasteiger partial charge in [-0.1, -0.05) is 29.8 Å². The minimum atomic E-state index is -0.952. The lowest BCUT2D eigenvalue weighted by Gasteiger charge is -2.26. The fourth-order valence-corrected chi connectivity index (χ4v) is 4.70. The van der Waals surface area contributed by atoms with E-state index in [0.717, 1.165) is 28.3 Å². The zero-order valence-electron chi connectivity index (χ0n) is 18.7. The van der Waals surface area contributed by atoms with Crippen LogP contribution in [-0.2, 0) is 0 Å². The minimum Gasteiger partial charge on any atom is -0.478 e. The Morgan fingerprint density at radius 2 is 1.85 bits per heavy atom. The molecule has 3 heterocycles. The average molecular weight is 470 g/mol. The predicted molar refractivity (Wildman–Crippen MR) is 135 cm³/mol. The Hall–Kier alpha value is -3.97. The van der Waals surface area contributed by atoms with E-state index in [-0.39, 0.29) is 17.6 Å². The largest absolute Gasteiger partial charge is 0.478 e. The van der Waals surface area contributed by atoms with Gasteiger partial charge in [0.25, 0.3) is 0 Å². The quantitative estimate of drug-likeness (QED) is 0.356. The monoisotopic (exact) mass is 469 g/mol. The van der Waals surface area contributed by atoms with Crippen molar-refractivity contribution in [2.45, 2.75) is 25.9 Å². The number of carbonyl (C=O) groups is 1. The third kappa shape index (κ3) is 3.95. The number of carboxylic acids is 1. The Morgan fingerprint density at radius 1 is 1.06 bits per heavy atom. The first-order chi connectivity index (χ1) is 16.4. The number of aromatic nitrogens is 1. The second-order valence-corrected chi connectivity index (χ2v) is 8.76. The molecule has 7 heteroatoms. The number of aryl methyl sites for hydroxylation is 2. The molecular formula is C27H23N3O3S. The highest BCUT2D eigenvalue weighted by molar-refractivity contribution is 7.80. The molecule has 0 aliphatic carbocycles. The molecule has 0 saturated carbocycles. The lowest BCUT2D eigenvalue weighted by atomic mass is 10.0. The Balaban J connectivity index is 1.58. The zero-order valence-corrected chi connectivity index (χ0v) is 19.5. The Bertz CT molecular complexity index is 1370. The van der Waals surface area contributed by atoms with Crippen LogP contribution in [-0.4, -0.2) is 21.2 Å². The molecule has 0 bridgehead atoms. The third-order valence-electron chi connectivity index (χ3n) is 6.07. The van der Waals surface area contributed by atoms with E-state index in [4.69, 9.17) is 16.6 Å². The molecule has 0 unspecified atom stereocenters. The van der Waals surface area contributed by atoms with Crippen LogP contribution in [0.2, 0.25) is 0 Å². The van der Waals surface area contributed by atoms with Crippen LogP contribution in [0.15, 0.2) is 83.4 Å². The molecule has 2 N–H and O–H groups in total. The highest BCUT2D eigenvalue weighted by atomic mass is 32.1. The van der Waals surface area contributed by atoms with E-state index in [0.29, 0.717) is 10.9 Å². The van der Waals surface area contributed by atoms with Gasteiger partial charge in [-0.2, -0.15) is 0 Å². The standard InChI is InChI=1S/C27H23N3O3S/c1-16-6-9-19(10-7-16)30-25(24(29-27(30)34)21-5-3-4-14-28-21)23-13-12-22(33-23)20-11-8-18(26(31)32)15-17(20)2/h3-15,24-25H,1-2H3,(H,29,34)(H,31,32)/t24-,25+/m1/s1. The lowest BCUT2D eigenvalue weighted by molar-refractivity contribution is 0.0697. The van der Waals surface area contributed by atoms with Gasteiger partial charge in [0.1, 0.15) is 17.6 Å². The number of thiocarbonyl (C=S) groups is 1. The molecule has 2 atom stereocenters. The molecule has 2 aromatic carbocycles. The van der Waals surface area contributed by atoms with Crippen molar-refractivity contribution in [3.05, 3.63) is 107 Å². The van der Waals surface area contributed by atoms with Gasteiger partial charge in [-0.15, -0.1) is 0 Å². The summed E-state index contributed by atoms with van der Waals surface area (Å²) in [4.78, 5) is 18.0. The number of rotatable bonds is 5. The summed E-state index contributed by atoms with van der Waals surface area (Å²) in [5, 5.41) is 13.3. The van der Waals surface area contributed by atoms with Gasteiger partial charge in [0.2, 0.25) is 0 Å². The van der Waals surface area contributed by atoms with Crippen LogP contribution in [0.5, 0.6) is 0 Å². The maximum atomic E-state index is 11.3. The van der Waals surface area contributed by atoms with Gasteiger partial charge in [-0.3, -0.25) is 4.98 Å². The van der Waals surface area contributed by atoms with Crippen molar-refractivity contribution in [2.24, 2.45) is 0 Å². The zero-order chi connectivity index (χ0) is 23.8. The summed E-state index contributed by atoms with van der Waals surface area (Å²) < 4.78 is 6.39. The van der Waals surface area contributed by atoms with Gasteiger partial charge in [-0.25, -0.2) is 4.79 Å². The molecule has 0 spiro atoms. The maximum Gasteiger partial charge on any atom is 0.335 e. The minimum absolute atomic E-state index is 0.204. The van der Waals surface area contributed by atoms with E-state index in [1.54, 1.807) is 24.4 Å². The normalized spacial score (nSPS) is 17.6. The van der Waals surface area contributed by atoms with E-state index < -0.39 is 5.97 Å². The molecule has 2 aromatic heterocycles. The number of carboxylic acid groups (broad SMARTS) is 1. The summed E-state index contributed by atoms with van der Waals surface area (Å²) in [6.45, 7) is 3.93. The first-order valence-electron chi connectivity index (χ1n) is 10.9. The molecule has 5 rings (SSSR count). The van der Waals surface area contributed by atoms with Crippen LogP contribution in [0, 0.1) is 13.8 Å². The molecule has 1 aliphatic rings. The van der Waals surface area contributed by atoms with E-state index >= 15 is 0 Å². The van der Waals surface area contributed by atoms with Gasteiger partial charge in [-0.05, 0) is 80.2 Å². The number of anilines is 1. The van der Waals surface area contributed by atoms with Crippen molar-refractivity contribution in [1.29, 1.82) is 0 Å². The summed E-state index contributed by atoms with van der Waals surface area (Å²) in [5.74, 6) is 0.457. The number of aromatic carboxylic acids is 1. The van der Waals surface area contributed by atoms with Crippen molar-refractivity contribution in [3.8, 4) is 11.3 Å². The number of hydrogen-bond acceptors (Lipinski definition) is 4. The summed E-state index contributed by atoms with van der Waals surface area (Å²) in [7, 11) is 0. The smallest absolute Gasteiger partial charge is 0.335 e. The molecule has 6 nitrogen and oxygen atoms in total. The predicted octanol–water partition coefficient (Wildman–Crippen LogP) is 5.83. The van der Waals surface area contributed by atoms with Crippen LogP contribution in [0.4, 0.5) is 5.69 Å². The van der Waals surface area contributed by atoms with Crippen molar-refractivity contribution in [3.63, 3.8) is 0 Å². The summed E-state index contributed by atoms with van der Waals surface area (Å²) in [6, 6.07) is 22.5. The number of benzene rings is 2. The molecule has 1 saturated heterocycles. The van der Waals surface area contributed by atoms with Gasteiger partial charge in [0.15, 0.2) is 5.11 Å². The third-order valence-corrected chi connectivity index (χ3v) is 6.38. The van der Waals surface area contributed by atoms with Crippen LogP contribution in [0.3, 0.4) is 0 Å². The first kappa shape index (κ1) is 21.9. The van der Waals surface area contributed by atoms with E-state index in [9.17, 15) is 9.90 Å².